The summed E-state index contributed by atoms with van der Waals surface area (Å²) in [6.45, 7) is 17.6. The summed E-state index contributed by atoms with van der Waals surface area (Å²) in [5.74, 6) is 2.03. The van der Waals surface area contributed by atoms with Gasteiger partial charge in [0.1, 0.15) is 17.3 Å². The van der Waals surface area contributed by atoms with Gasteiger partial charge in [-0.1, -0.05) is 55.6 Å². The number of nitrogen functional groups attached to an aromatic ring is 1. The zero-order valence-corrected chi connectivity index (χ0v) is 40.1. The first-order valence-electron chi connectivity index (χ1n) is 24.8. The average Bonchev–Trinajstić information content (AvgIpc) is 3.71. The van der Waals surface area contributed by atoms with Gasteiger partial charge in [-0.15, -0.1) is 0 Å². The van der Waals surface area contributed by atoms with E-state index in [9.17, 15) is 0 Å². The van der Waals surface area contributed by atoms with Gasteiger partial charge in [0.05, 0.1) is 29.1 Å². The lowest BCUT2D eigenvalue weighted by atomic mass is 9.83. The highest BCUT2D eigenvalue weighted by molar-refractivity contribution is 6.03. The van der Waals surface area contributed by atoms with Gasteiger partial charge in [0.15, 0.2) is 0 Å². The number of aromatic nitrogens is 6. The lowest BCUT2D eigenvalue weighted by molar-refractivity contribution is 0.513. The molecule has 3 fully saturated rings. The van der Waals surface area contributed by atoms with Crippen LogP contribution in [0.1, 0.15) is 103 Å². The maximum absolute atomic E-state index is 8.58. The van der Waals surface area contributed by atoms with E-state index in [0.717, 1.165) is 155 Å². The van der Waals surface area contributed by atoms with Gasteiger partial charge in [-0.05, 0) is 153 Å². The van der Waals surface area contributed by atoms with Crippen LogP contribution in [0.2, 0.25) is 0 Å². The fraction of sp³-hybridized carbons (Fsp3) is 0.339. The van der Waals surface area contributed by atoms with E-state index in [4.69, 9.17) is 31.9 Å². The number of nitrogens with one attached hydrogen (secondary N) is 4. The maximum Gasteiger partial charge on any atom is 0.137 e. The van der Waals surface area contributed by atoms with Gasteiger partial charge < -0.3 is 32.8 Å². The summed E-state index contributed by atoms with van der Waals surface area (Å²) >= 11 is 0. The molecule has 13 heteroatoms. The molecule has 5 heterocycles. The summed E-state index contributed by atoms with van der Waals surface area (Å²) in [5, 5.41) is 32.6. The maximum atomic E-state index is 8.58. The average molecular weight is 918 g/mol. The second-order valence-corrected chi connectivity index (χ2v) is 19.7. The van der Waals surface area contributed by atoms with Crippen molar-refractivity contribution in [1.82, 2.24) is 35.0 Å². The molecular formula is C56H63N13. The Balaban J connectivity index is 0.874. The first kappa shape index (κ1) is 44.3. The van der Waals surface area contributed by atoms with Crippen molar-refractivity contribution >= 4 is 40.0 Å². The lowest BCUT2D eigenvalue weighted by Gasteiger charge is -2.28. The van der Waals surface area contributed by atoms with Crippen LogP contribution in [0.3, 0.4) is 0 Å². The monoisotopic (exact) mass is 918 g/mol. The number of benzene rings is 4. The van der Waals surface area contributed by atoms with Crippen LogP contribution in [-0.4, -0.2) is 60.5 Å². The normalized spacial score (nSPS) is 18.6. The Morgan fingerprint density at radius 3 is 2.54 bits per heavy atom. The highest BCUT2D eigenvalue weighted by Gasteiger charge is 2.34. The molecule has 1 saturated heterocycles. The van der Waals surface area contributed by atoms with Crippen LogP contribution in [0.4, 0.5) is 17.2 Å². The van der Waals surface area contributed by atoms with Crippen LogP contribution < -0.4 is 32.4 Å². The molecule has 2 aliphatic carbocycles. The first-order chi connectivity index (χ1) is 33.5. The highest BCUT2D eigenvalue weighted by Crippen LogP contribution is 2.50. The summed E-state index contributed by atoms with van der Waals surface area (Å²) < 4.78 is 2.02. The Morgan fingerprint density at radius 1 is 0.942 bits per heavy atom. The Bertz CT molecular complexity index is 3150. The molecule has 13 nitrogen and oxygen atoms in total. The molecule has 2 aliphatic heterocycles. The number of anilines is 3. The topological polar surface area (TPSA) is 177 Å². The van der Waals surface area contributed by atoms with E-state index in [2.05, 4.69) is 120 Å². The van der Waals surface area contributed by atoms with Crippen molar-refractivity contribution in [2.45, 2.75) is 116 Å². The zero-order chi connectivity index (χ0) is 47.5. The van der Waals surface area contributed by atoms with Crippen molar-refractivity contribution < 1.29 is 0 Å². The standard InChI is InChI=1S/C56H63N13/c1-6-67-51(23-24-61-67)39-14-10-37(11-15-39)30-60-33(3)50-8-7-25-68(50)69-31-47-42-20-12-36(26-49(42)62-34(4)54(47)66-69)13-21-43-53(52-32(2)9-22-48(59)46(52)29-57)44(38-16-17-38)28-45-55(43)63-35(5)64-56(45)65-41-19-18-40(58)27-41/h9-12,14-15,20,22-24,26,28-29,31,38,40-41,50,57,60,62H,3-4,6-8,13,16-19,21,25,27,30,58-59H2,1-2,5H3,(H,63,64,65). The van der Waals surface area contributed by atoms with Gasteiger partial charge in [-0.25, -0.2) is 9.97 Å². The largest absolute Gasteiger partial charge is 0.398 e. The third-order valence-electron chi connectivity index (χ3n) is 14.9. The summed E-state index contributed by atoms with van der Waals surface area (Å²) in [6.07, 6.45) is 14.2. The molecule has 69 heavy (non-hydrogen) atoms. The van der Waals surface area contributed by atoms with Gasteiger partial charge in [0, 0.05) is 83.3 Å². The van der Waals surface area contributed by atoms with E-state index >= 15 is 0 Å². The molecule has 0 amide bonds. The van der Waals surface area contributed by atoms with E-state index in [0.29, 0.717) is 18.2 Å². The predicted molar refractivity (Wildman–Crippen MR) is 281 cm³/mol. The van der Waals surface area contributed by atoms with Crippen molar-refractivity contribution in [2.24, 2.45) is 5.73 Å². The van der Waals surface area contributed by atoms with Crippen molar-refractivity contribution in [1.29, 1.82) is 5.41 Å². The summed E-state index contributed by atoms with van der Waals surface area (Å²) in [5.41, 5.74) is 31.6. The predicted octanol–water partition coefficient (Wildman–Crippen LogP) is 9.99. The van der Waals surface area contributed by atoms with Crippen molar-refractivity contribution in [3.05, 3.63) is 143 Å². The van der Waals surface area contributed by atoms with Gasteiger partial charge in [-0.2, -0.15) is 15.0 Å². The second kappa shape index (κ2) is 18.0. The van der Waals surface area contributed by atoms with E-state index in [1.165, 1.54) is 34.0 Å². The van der Waals surface area contributed by atoms with E-state index < -0.39 is 0 Å². The molecule has 8 N–H and O–H groups in total. The Hall–Kier alpha value is -7.25. The van der Waals surface area contributed by atoms with Gasteiger partial charge in [0.25, 0.3) is 0 Å². The minimum Gasteiger partial charge on any atom is -0.398 e. The molecule has 0 spiro atoms. The van der Waals surface area contributed by atoms with Gasteiger partial charge in [0.2, 0.25) is 0 Å². The molecule has 3 atom stereocenters. The lowest BCUT2D eigenvalue weighted by Crippen LogP contribution is -2.43. The van der Waals surface area contributed by atoms with E-state index in [1.807, 2.05) is 28.7 Å². The van der Waals surface area contributed by atoms with Gasteiger partial charge >= 0.3 is 0 Å². The Morgan fingerprint density at radius 2 is 1.77 bits per heavy atom. The Labute approximate surface area is 404 Å². The van der Waals surface area contributed by atoms with Gasteiger partial charge in [-0.3, -0.25) is 9.69 Å². The molecule has 352 valence electrons. The van der Waals surface area contributed by atoms with Crippen molar-refractivity contribution in [3.63, 3.8) is 0 Å². The third-order valence-corrected chi connectivity index (χ3v) is 14.9. The van der Waals surface area contributed by atoms with Crippen LogP contribution in [0, 0.1) is 19.3 Å². The van der Waals surface area contributed by atoms with Crippen LogP contribution in [0.25, 0.3) is 50.1 Å². The smallest absolute Gasteiger partial charge is 0.137 e. The minimum absolute atomic E-state index is 0.0973. The molecule has 3 unspecified atom stereocenters. The molecule has 4 aromatic carbocycles. The Kier molecular flexibility index (Phi) is 11.6. The molecule has 7 aromatic rings. The highest BCUT2D eigenvalue weighted by atomic mass is 15.7. The molecule has 11 rings (SSSR count). The zero-order valence-electron chi connectivity index (χ0n) is 40.1. The minimum atomic E-state index is 0.0973. The van der Waals surface area contributed by atoms with Crippen LogP contribution in [-0.2, 0) is 25.9 Å². The molecule has 2 saturated carbocycles. The number of nitrogens with zero attached hydrogens (tertiary/aromatic N) is 7. The molecule has 0 radical (unpaired) electrons. The number of nitrogens with two attached hydrogens (primary N) is 2. The fourth-order valence-corrected chi connectivity index (χ4v) is 11.2. The molecule has 3 aromatic heterocycles. The van der Waals surface area contributed by atoms with Crippen molar-refractivity contribution in [2.75, 3.05) is 27.9 Å². The fourth-order valence-electron chi connectivity index (χ4n) is 11.2. The summed E-state index contributed by atoms with van der Waals surface area (Å²) in [6, 6.07) is 24.4. The SMILES string of the molecule is C=C1Nc2cc(CCc3c(-c4c(C)ccc(N)c4C=N)c(C4CC4)cc4c(NC5CCC(N)C5)nc(C)nc34)ccc2-c2cn(N3CCCC3C(=C)NCc3ccc(-c4ccnn4CC)cc3)nc21. The summed E-state index contributed by atoms with van der Waals surface area (Å²) in [7, 11) is 0. The van der Waals surface area contributed by atoms with Crippen LogP contribution in [0.5, 0.6) is 0 Å². The summed E-state index contributed by atoms with van der Waals surface area (Å²) in [4.78, 5) is 12.3. The van der Waals surface area contributed by atoms with E-state index in [-0.39, 0.29) is 18.1 Å². The van der Waals surface area contributed by atoms with E-state index in [1.54, 1.807) is 0 Å². The molecule has 0 bridgehead atoms. The quantitative estimate of drug-likeness (QED) is 0.0429. The number of hydrogen-bond acceptors (Lipinski definition) is 11. The number of fused-ring (bicyclic) bond motifs is 4. The van der Waals surface area contributed by atoms with Crippen LogP contribution >= 0.6 is 0 Å². The number of rotatable bonds is 15. The third kappa shape index (κ3) is 8.32. The van der Waals surface area contributed by atoms with Crippen molar-refractivity contribution in [3.8, 4) is 33.5 Å². The number of aryl methyl sites for hydroxylation is 5. The van der Waals surface area contributed by atoms with Crippen LogP contribution in [0.15, 0.2) is 98.0 Å². The number of hydrogen-bond donors (Lipinski definition) is 6. The first-order valence-corrected chi connectivity index (χ1v) is 24.8. The molecular weight excluding hydrogens is 855 g/mol. The second-order valence-electron chi connectivity index (χ2n) is 19.7. The molecule has 4 aliphatic rings.